The molecule has 7 nitrogen and oxygen atoms in total. The Morgan fingerprint density at radius 1 is 1.24 bits per heavy atom. The zero-order valence-corrected chi connectivity index (χ0v) is 22.4. The minimum absolute atomic E-state index is 0.152. The van der Waals surface area contributed by atoms with Crippen molar-refractivity contribution in [3.05, 3.63) is 32.3 Å². The molecule has 0 aromatic carbocycles. The van der Waals surface area contributed by atoms with Gasteiger partial charge >= 0.3 is 5.97 Å². The van der Waals surface area contributed by atoms with Gasteiger partial charge in [0.2, 0.25) is 5.91 Å². The van der Waals surface area contributed by atoms with Gasteiger partial charge in [-0.15, -0.1) is 32.9 Å². The van der Waals surface area contributed by atoms with Crippen LogP contribution in [0.1, 0.15) is 71.8 Å². The lowest BCUT2D eigenvalue weighted by atomic mass is 10.1. The summed E-state index contributed by atoms with van der Waals surface area (Å²) in [6, 6.07) is 2.31. The van der Waals surface area contributed by atoms with E-state index in [1.54, 1.807) is 11.3 Å². The molecule has 1 aliphatic carbocycles. The molecule has 3 aromatic rings. The van der Waals surface area contributed by atoms with Crippen molar-refractivity contribution in [3.63, 3.8) is 0 Å². The summed E-state index contributed by atoms with van der Waals surface area (Å²) in [6.45, 7) is 6.32. The number of ether oxygens (including phenoxy) is 1. The summed E-state index contributed by atoms with van der Waals surface area (Å²) in [7, 11) is 1.39. The van der Waals surface area contributed by atoms with Crippen LogP contribution in [0.25, 0.3) is 11.4 Å². The highest BCUT2D eigenvalue weighted by molar-refractivity contribution is 7.99. The number of rotatable bonds is 8. The molecule has 4 rings (SSSR count). The Bertz CT molecular complexity index is 1180. The molecule has 0 spiro atoms. The average Bonchev–Trinajstić information content (AvgIpc) is 3.50. The first-order valence-corrected chi connectivity index (χ1v) is 14.3. The number of methoxy groups -OCH3 is 1. The van der Waals surface area contributed by atoms with Crippen LogP contribution in [-0.2, 0) is 28.8 Å². The highest BCUT2D eigenvalue weighted by atomic mass is 32.2. The van der Waals surface area contributed by atoms with Gasteiger partial charge in [-0.1, -0.05) is 25.1 Å². The Morgan fingerprint density at radius 3 is 2.74 bits per heavy atom. The van der Waals surface area contributed by atoms with Crippen LogP contribution in [0.3, 0.4) is 0 Å². The van der Waals surface area contributed by atoms with Crippen molar-refractivity contribution in [1.82, 2.24) is 14.8 Å². The van der Waals surface area contributed by atoms with Crippen molar-refractivity contribution in [2.45, 2.75) is 70.5 Å². The largest absolute Gasteiger partial charge is 0.465 e. The zero-order valence-electron chi connectivity index (χ0n) is 20.0. The molecule has 0 radical (unpaired) electrons. The summed E-state index contributed by atoms with van der Waals surface area (Å²) in [6.07, 6.45) is 6.09. The van der Waals surface area contributed by atoms with E-state index in [2.05, 4.69) is 52.3 Å². The van der Waals surface area contributed by atoms with Crippen LogP contribution in [0.5, 0.6) is 0 Å². The molecule has 0 saturated carbocycles. The van der Waals surface area contributed by atoms with Crippen molar-refractivity contribution in [2.75, 3.05) is 18.2 Å². The van der Waals surface area contributed by atoms with E-state index in [4.69, 9.17) is 4.74 Å². The van der Waals surface area contributed by atoms with Gasteiger partial charge in [-0.3, -0.25) is 9.36 Å². The highest BCUT2D eigenvalue weighted by Gasteiger charge is 2.26. The normalized spacial score (nSPS) is 13.6. The molecule has 34 heavy (non-hydrogen) atoms. The summed E-state index contributed by atoms with van der Waals surface area (Å²) in [4.78, 5) is 27.9. The molecule has 3 heterocycles. The van der Waals surface area contributed by atoms with Crippen LogP contribution in [0, 0.1) is 0 Å². The van der Waals surface area contributed by atoms with Gasteiger partial charge in [0.25, 0.3) is 0 Å². The lowest BCUT2D eigenvalue weighted by Crippen LogP contribution is -2.17. The Labute approximate surface area is 212 Å². The molecule has 1 amide bonds. The molecule has 0 fully saturated rings. The topological polar surface area (TPSA) is 86.1 Å². The summed E-state index contributed by atoms with van der Waals surface area (Å²) < 4.78 is 7.12. The maximum absolute atomic E-state index is 12.9. The maximum Gasteiger partial charge on any atom is 0.341 e. The second-order valence-electron chi connectivity index (χ2n) is 8.52. The molecule has 10 heteroatoms. The lowest BCUT2D eigenvalue weighted by molar-refractivity contribution is -0.113. The Balaban J connectivity index is 1.50. The minimum atomic E-state index is -0.381. The monoisotopic (exact) mass is 518 g/mol. The van der Waals surface area contributed by atoms with Gasteiger partial charge in [-0.05, 0) is 57.6 Å². The van der Waals surface area contributed by atoms with E-state index in [0.29, 0.717) is 15.7 Å². The van der Waals surface area contributed by atoms with Gasteiger partial charge in [0.15, 0.2) is 11.0 Å². The maximum atomic E-state index is 12.9. The van der Waals surface area contributed by atoms with Gasteiger partial charge in [0, 0.05) is 26.7 Å². The number of thioether (sulfide) groups is 1. The number of carbonyl (C=O) groups is 2. The fourth-order valence-electron chi connectivity index (χ4n) is 4.16. The van der Waals surface area contributed by atoms with Gasteiger partial charge < -0.3 is 10.1 Å². The number of anilines is 1. The number of thiophene rings is 2. The second kappa shape index (κ2) is 11.0. The highest BCUT2D eigenvalue weighted by Crippen LogP contribution is 2.38. The van der Waals surface area contributed by atoms with Gasteiger partial charge in [0.1, 0.15) is 5.00 Å². The van der Waals surface area contributed by atoms with Crippen molar-refractivity contribution >= 4 is 51.3 Å². The Morgan fingerprint density at radius 2 is 2.03 bits per heavy atom. The van der Waals surface area contributed by atoms with Gasteiger partial charge in [-0.25, -0.2) is 4.79 Å². The van der Waals surface area contributed by atoms with Crippen LogP contribution < -0.4 is 5.32 Å². The lowest BCUT2D eigenvalue weighted by Gasteiger charge is -2.13. The van der Waals surface area contributed by atoms with Gasteiger partial charge in [-0.2, -0.15) is 0 Å². The molecule has 0 bridgehead atoms. The first kappa shape index (κ1) is 24.9. The molecule has 3 aromatic heterocycles. The number of nitrogens with zero attached hydrogens (tertiary/aromatic N) is 3. The van der Waals surface area contributed by atoms with E-state index in [0.717, 1.165) is 55.5 Å². The van der Waals surface area contributed by atoms with Crippen molar-refractivity contribution in [1.29, 1.82) is 0 Å². The first-order chi connectivity index (χ1) is 16.4. The number of aromatic nitrogens is 3. The van der Waals surface area contributed by atoms with Crippen LogP contribution in [0.15, 0.2) is 16.6 Å². The molecule has 182 valence electrons. The molecule has 0 unspecified atom stereocenters. The zero-order chi connectivity index (χ0) is 24.2. The first-order valence-electron chi connectivity index (χ1n) is 11.6. The fraction of sp³-hybridized carbons (Fsp3) is 0.500. The fourth-order valence-corrected chi connectivity index (χ4v) is 7.14. The number of fused-ring (bicyclic) bond motifs is 1. The minimum Gasteiger partial charge on any atom is -0.465 e. The second-order valence-corrected chi connectivity index (χ2v) is 11.6. The molecule has 0 aliphatic heterocycles. The number of esters is 1. The molecular weight excluding hydrogens is 488 g/mol. The molecule has 0 atom stereocenters. The third kappa shape index (κ3) is 5.23. The third-order valence-electron chi connectivity index (χ3n) is 5.84. The summed E-state index contributed by atoms with van der Waals surface area (Å²) in [5, 5.41) is 15.2. The summed E-state index contributed by atoms with van der Waals surface area (Å²) >= 11 is 4.59. The molecule has 1 aliphatic rings. The number of carbonyl (C=O) groups excluding carboxylic acids is 2. The number of aryl methyl sites for hydroxylation is 2. The molecule has 1 N–H and O–H groups in total. The summed E-state index contributed by atoms with van der Waals surface area (Å²) in [5.41, 5.74) is 2.63. The van der Waals surface area contributed by atoms with Gasteiger partial charge in [0.05, 0.1) is 18.4 Å². The average molecular weight is 519 g/mol. The predicted octanol–water partition coefficient (Wildman–Crippen LogP) is 6.00. The number of nitrogens with one attached hydrogen (secondary N) is 1. The number of hydrogen-bond donors (Lipinski definition) is 1. The van der Waals surface area contributed by atoms with Crippen LogP contribution in [-0.4, -0.2) is 39.5 Å². The Kier molecular flexibility index (Phi) is 8.10. The van der Waals surface area contributed by atoms with E-state index in [1.165, 1.54) is 40.0 Å². The van der Waals surface area contributed by atoms with E-state index in [-0.39, 0.29) is 23.7 Å². The van der Waals surface area contributed by atoms with Crippen molar-refractivity contribution < 1.29 is 14.3 Å². The van der Waals surface area contributed by atoms with Crippen molar-refractivity contribution in [2.24, 2.45) is 0 Å². The van der Waals surface area contributed by atoms with E-state index < -0.39 is 0 Å². The quantitative estimate of drug-likeness (QED) is 0.224. The van der Waals surface area contributed by atoms with Crippen LogP contribution in [0.2, 0.25) is 0 Å². The Hall–Kier alpha value is -2.17. The van der Waals surface area contributed by atoms with E-state index >= 15 is 0 Å². The third-order valence-corrected chi connectivity index (χ3v) is 9.07. The van der Waals surface area contributed by atoms with Crippen molar-refractivity contribution in [3.8, 4) is 11.4 Å². The predicted molar refractivity (Wildman–Crippen MR) is 139 cm³/mol. The smallest absolute Gasteiger partial charge is 0.341 e. The molecule has 0 saturated heterocycles. The molecular formula is C24H30N4O3S3. The standard InChI is InChI=1S/C24H30N4O3S3/c1-5-16-11-15(12-32-16)21-26-27-24(28(21)14(2)3)33-13-19(29)25-22-20(23(30)31-4)17-9-7-6-8-10-18(17)34-22/h11-12,14H,5-10,13H2,1-4H3,(H,25,29). The number of hydrogen-bond acceptors (Lipinski definition) is 8. The summed E-state index contributed by atoms with van der Waals surface area (Å²) in [5.74, 6) is 0.450. The van der Waals surface area contributed by atoms with E-state index in [1.807, 2.05) is 0 Å². The SMILES string of the molecule is CCc1cc(-c2nnc(SCC(=O)Nc3sc4c(c3C(=O)OC)CCCCC4)n2C(C)C)cs1. The van der Waals surface area contributed by atoms with Crippen LogP contribution >= 0.6 is 34.4 Å². The number of amides is 1. The van der Waals surface area contributed by atoms with E-state index in [9.17, 15) is 9.59 Å². The van der Waals surface area contributed by atoms with Crippen LogP contribution in [0.4, 0.5) is 5.00 Å².